The average Bonchev–Trinajstić information content (AvgIpc) is 2.30. The van der Waals surface area contributed by atoms with E-state index < -0.39 is 23.1 Å². The summed E-state index contributed by atoms with van der Waals surface area (Å²) in [5.41, 5.74) is 0.471. The molecular formula is C13H14N2O2Rb2. The number of fused-ring (bicyclic) bond motifs is 1. The summed E-state index contributed by atoms with van der Waals surface area (Å²) in [4.78, 5) is 24.0. The smallest absolute Gasteiger partial charge is 0.627 e. The van der Waals surface area contributed by atoms with Gasteiger partial charge in [-0.3, -0.25) is 0 Å². The van der Waals surface area contributed by atoms with Gasteiger partial charge in [0.1, 0.15) is 0 Å². The minimum atomic E-state index is -0.796. The fraction of sp³-hybridized carbons (Fsp3) is 0.385. The number of hydrogen-bond donors (Lipinski definition) is 0. The van der Waals surface area contributed by atoms with Gasteiger partial charge < -0.3 is 20.2 Å². The number of carbonyl (C=O) groups excluding carboxylic acids is 2. The normalized spacial score (nSPS) is 15.1. The molecule has 2 rings (SSSR count). The maximum absolute atomic E-state index is 12.0. The third kappa shape index (κ3) is 5.16. The fourth-order valence-corrected chi connectivity index (χ4v) is 1.87. The van der Waals surface area contributed by atoms with Crippen molar-refractivity contribution in [2.45, 2.75) is 20.8 Å². The molecule has 90 valence electrons. The van der Waals surface area contributed by atoms with Crippen LogP contribution >= 0.6 is 0 Å². The second kappa shape index (κ2) is 8.42. The zero-order valence-corrected chi connectivity index (χ0v) is 21.9. The molecule has 19 heavy (non-hydrogen) atoms. The van der Waals surface area contributed by atoms with E-state index in [4.69, 9.17) is 0 Å². The second-order valence-electron chi connectivity index (χ2n) is 5.19. The molecule has 0 N–H and O–H groups in total. The van der Waals surface area contributed by atoms with Crippen LogP contribution < -0.4 is 116 Å². The van der Waals surface area contributed by atoms with E-state index in [0.717, 1.165) is 0 Å². The van der Waals surface area contributed by atoms with Gasteiger partial charge in [-0.05, 0) is 5.41 Å². The molecule has 0 fully saturated rings. The number of rotatable bonds is 0. The van der Waals surface area contributed by atoms with Crippen molar-refractivity contribution in [3.8, 4) is 0 Å². The molecule has 0 aliphatic carbocycles. The number of nitrogens with zero attached hydrogens (tertiary/aromatic N) is 2. The SMILES string of the molecule is CC(C)(C)C1C(=O)[N-]c2ccccc2[N-]C1=O.[Rb+].[Rb+]. The Bertz CT molecular complexity index is 447. The third-order valence-corrected chi connectivity index (χ3v) is 2.70. The van der Waals surface area contributed by atoms with Gasteiger partial charge in [-0.15, -0.1) is 11.4 Å². The topological polar surface area (TPSA) is 62.3 Å². The molecule has 0 saturated heterocycles. The van der Waals surface area contributed by atoms with Gasteiger partial charge in [0.2, 0.25) is 0 Å². The summed E-state index contributed by atoms with van der Waals surface area (Å²) in [6.07, 6.45) is 0. The van der Waals surface area contributed by atoms with Crippen LogP contribution in [0.5, 0.6) is 0 Å². The van der Waals surface area contributed by atoms with E-state index in [1.165, 1.54) is 0 Å². The molecule has 4 nitrogen and oxygen atoms in total. The van der Waals surface area contributed by atoms with Crippen molar-refractivity contribution < 1.29 is 126 Å². The van der Waals surface area contributed by atoms with Crippen molar-refractivity contribution in [2.24, 2.45) is 11.3 Å². The van der Waals surface area contributed by atoms with Crippen molar-refractivity contribution in [1.82, 2.24) is 0 Å². The number of benzene rings is 1. The molecule has 1 aromatic rings. The third-order valence-electron chi connectivity index (χ3n) is 2.70. The first kappa shape index (κ1) is 20.8. The predicted molar refractivity (Wildman–Crippen MR) is 65.4 cm³/mol. The van der Waals surface area contributed by atoms with Crippen molar-refractivity contribution in [2.75, 3.05) is 0 Å². The van der Waals surface area contributed by atoms with E-state index >= 15 is 0 Å². The van der Waals surface area contributed by atoms with Gasteiger partial charge in [-0.1, -0.05) is 45.0 Å². The molecule has 0 radical (unpaired) electrons. The van der Waals surface area contributed by atoms with Crippen molar-refractivity contribution in [1.29, 1.82) is 0 Å². The Morgan fingerprint density at radius 1 is 0.895 bits per heavy atom. The molecule has 1 aromatic carbocycles. The molecule has 0 unspecified atom stereocenters. The minimum absolute atomic E-state index is 0. The van der Waals surface area contributed by atoms with Crippen molar-refractivity contribution in [3.05, 3.63) is 34.9 Å². The molecule has 0 saturated carbocycles. The van der Waals surface area contributed by atoms with E-state index in [-0.39, 0.29) is 116 Å². The Kier molecular flexibility index (Phi) is 9.20. The van der Waals surface area contributed by atoms with E-state index in [0.29, 0.717) is 11.4 Å². The first-order valence-corrected chi connectivity index (χ1v) is 5.50. The van der Waals surface area contributed by atoms with Gasteiger partial charge in [0.25, 0.3) is 0 Å². The minimum Gasteiger partial charge on any atom is -0.627 e. The van der Waals surface area contributed by atoms with Gasteiger partial charge in [-0.25, -0.2) is 0 Å². The molecule has 2 amide bonds. The summed E-state index contributed by atoms with van der Waals surface area (Å²) in [6, 6.07) is 6.92. The molecule has 1 heterocycles. The summed E-state index contributed by atoms with van der Waals surface area (Å²) in [5.74, 6) is -1.61. The van der Waals surface area contributed by atoms with Crippen LogP contribution in [0.25, 0.3) is 10.6 Å². The Morgan fingerprint density at radius 2 is 1.26 bits per heavy atom. The Morgan fingerprint density at radius 3 is 1.58 bits per heavy atom. The van der Waals surface area contributed by atoms with Gasteiger partial charge in [0, 0.05) is 5.92 Å². The van der Waals surface area contributed by atoms with Crippen LogP contribution in [0.1, 0.15) is 20.8 Å². The number of hydrogen-bond acceptors (Lipinski definition) is 2. The van der Waals surface area contributed by atoms with Gasteiger partial charge >= 0.3 is 116 Å². The second-order valence-corrected chi connectivity index (χ2v) is 5.19. The molecule has 0 aromatic heterocycles. The van der Waals surface area contributed by atoms with Crippen LogP contribution in [0.15, 0.2) is 24.3 Å². The summed E-state index contributed by atoms with van der Waals surface area (Å²) in [5, 5.41) is 7.97. The zero-order valence-electron chi connectivity index (χ0n) is 12.1. The monoisotopic (exact) mass is 400 g/mol. The summed E-state index contributed by atoms with van der Waals surface area (Å²) in [7, 11) is 0. The van der Waals surface area contributed by atoms with Crippen molar-refractivity contribution >= 4 is 23.2 Å². The first-order chi connectivity index (χ1) is 7.89. The maximum Gasteiger partial charge on any atom is 1.00 e. The van der Waals surface area contributed by atoms with Gasteiger partial charge in [0.15, 0.2) is 0 Å². The Balaban J connectivity index is 0.00000162. The molecule has 0 spiro atoms. The van der Waals surface area contributed by atoms with Crippen LogP contribution in [0.3, 0.4) is 0 Å². The number of amides is 2. The Hall–Kier alpha value is 1.77. The maximum atomic E-state index is 12.0. The van der Waals surface area contributed by atoms with E-state index in [1.807, 2.05) is 20.8 Å². The van der Waals surface area contributed by atoms with E-state index in [1.54, 1.807) is 24.3 Å². The van der Waals surface area contributed by atoms with Crippen molar-refractivity contribution in [3.63, 3.8) is 0 Å². The average molecular weight is 401 g/mol. The molecule has 1 aliphatic heterocycles. The molecule has 0 bridgehead atoms. The molecule has 0 atom stereocenters. The van der Waals surface area contributed by atoms with Crippen LogP contribution in [0.2, 0.25) is 0 Å². The largest absolute Gasteiger partial charge is 1.00 e. The van der Waals surface area contributed by atoms with Crippen LogP contribution in [-0.4, -0.2) is 11.8 Å². The van der Waals surface area contributed by atoms with Gasteiger partial charge in [-0.2, -0.15) is 0 Å². The number of para-hydroxylation sites is 2. The summed E-state index contributed by atoms with van der Waals surface area (Å²) in [6.45, 7) is 5.53. The first-order valence-electron chi connectivity index (χ1n) is 5.50. The molecule has 6 heteroatoms. The standard InChI is InChI=1S/C13H16N2O2.2Rb/c1-13(2,3)10-11(16)14-8-6-4-5-7-9(8)15-12(10)17;;/h4-7,10H,1-3H3,(H2,14,15,16,17);;/q;2*+1/p-2. The van der Waals surface area contributed by atoms with Crippen LogP contribution in [0.4, 0.5) is 11.4 Å². The quantitative estimate of drug-likeness (QED) is 0.449. The predicted octanol–water partition coefficient (Wildman–Crippen LogP) is -2.57. The molecule has 1 aliphatic rings. The van der Waals surface area contributed by atoms with Gasteiger partial charge in [0.05, 0.1) is 11.8 Å². The summed E-state index contributed by atoms with van der Waals surface area (Å²) >= 11 is 0. The molecular weight excluding hydrogens is 387 g/mol. The van der Waals surface area contributed by atoms with Crippen LogP contribution in [-0.2, 0) is 9.59 Å². The fourth-order valence-electron chi connectivity index (χ4n) is 1.87. The van der Waals surface area contributed by atoms with E-state index in [2.05, 4.69) is 10.6 Å². The zero-order chi connectivity index (χ0) is 12.6. The number of carbonyl (C=O) groups is 2. The van der Waals surface area contributed by atoms with E-state index in [9.17, 15) is 9.59 Å². The summed E-state index contributed by atoms with van der Waals surface area (Å²) < 4.78 is 0. The van der Waals surface area contributed by atoms with Crippen LogP contribution in [0, 0.1) is 11.3 Å². The Labute approximate surface area is 211 Å².